The summed E-state index contributed by atoms with van der Waals surface area (Å²) in [6, 6.07) is 14.9. The van der Waals surface area contributed by atoms with Gasteiger partial charge in [-0.2, -0.15) is 10.4 Å². The van der Waals surface area contributed by atoms with Crippen molar-refractivity contribution in [3.05, 3.63) is 93.8 Å². The number of rotatable bonds is 4. The van der Waals surface area contributed by atoms with E-state index in [1.54, 1.807) is 48.8 Å². The normalized spacial score (nSPS) is 10.9. The molecule has 2 heterocycles. The summed E-state index contributed by atoms with van der Waals surface area (Å²) < 4.78 is 16.5. The van der Waals surface area contributed by atoms with Crippen LogP contribution in [0.3, 0.4) is 0 Å². The summed E-state index contributed by atoms with van der Waals surface area (Å²) in [5.41, 5.74) is 2.56. The number of aliphatic hydroxyl groups is 1. The Morgan fingerprint density at radius 1 is 1.14 bits per heavy atom. The van der Waals surface area contributed by atoms with Crippen molar-refractivity contribution in [2.45, 2.75) is 13.2 Å². The largest absolute Gasteiger partial charge is 0.392 e. The van der Waals surface area contributed by atoms with Crippen molar-refractivity contribution in [1.82, 2.24) is 14.2 Å². The van der Waals surface area contributed by atoms with E-state index < -0.39 is 12.4 Å². The third kappa shape index (κ3) is 3.06. The summed E-state index contributed by atoms with van der Waals surface area (Å²) in [4.78, 5) is 13.0. The van der Waals surface area contributed by atoms with Crippen LogP contribution in [-0.2, 0) is 13.2 Å². The fourth-order valence-electron chi connectivity index (χ4n) is 3.17. The van der Waals surface area contributed by atoms with E-state index >= 15 is 0 Å². The van der Waals surface area contributed by atoms with Crippen LogP contribution >= 0.6 is 0 Å². The smallest absolute Gasteiger partial charge is 0.277 e. The Labute approximate surface area is 159 Å². The molecule has 0 radical (unpaired) electrons. The van der Waals surface area contributed by atoms with Gasteiger partial charge in [-0.1, -0.05) is 24.3 Å². The van der Waals surface area contributed by atoms with Crippen LogP contribution in [0.15, 0.2) is 65.7 Å². The highest BCUT2D eigenvalue weighted by molar-refractivity contribution is 5.72. The molecule has 0 atom stereocenters. The third-order valence-corrected chi connectivity index (χ3v) is 4.55. The molecule has 0 aliphatic carbocycles. The van der Waals surface area contributed by atoms with Crippen molar-refractivity contribution in [3.63, 3.8) is 0 Å². The van der Waals surface area contributed by atoms with Crippen molar-refractivity contribution in [2.24, 2.45) is 0 Å². The molecule has 7 heteroatoms. The minimum atomic E-state index is -0.420. The van der Waals surface area contributed by atoms with E-state index in [1.807, 2.05) is 0 Å². The number of benzene rings is 2. The van der Waals surface area contributed by atoms with E-state index in [-0.39, 0.29) is 11.1 Å². The maximum Gasteiger partial charge on any atom is 0.277 e. The zero-order valence-electron chi connectivity index (χ0n) is 14.7. The van der Waals surface area contributed by atoms with Gasteiger partial charge < -0.3 is 9.67 Å². The minimum absolute atomic E-state index is 0.248. The highest BCUT2D eigenvalue weighted by atomic mass is 19.1. The number of hydrogen-bond acceptors (Lipinski definition) is 4. The van der Waals surface area contributed by atoms with Gasteiger partial charge in [0.1, 0.15) is 11.3 Å². The van der Waals surface area contributed by atoms with Crippen molar-refractivity contribution in [3.8, 4) is 17.3 Å². The van der Waals surface area contributed by atoms with Crippen LogP contribution in [0.5, 0.6) is 0 Å². The molecule has 0 amide bonds. The molecule has 4 rings (SSSR count). The first kappa shape index (κ1) is 17.6. The Morgan fingerprint density at radius 3 is 2.61 bits per heavy atom. The van der Waals surface area contributed by atoms with Crippen LogP contribution < -0.4 is 5.56 Å². The van der Waals surface area contributed by atoms with Gasteiger partial charge >= 0.3 is 0 Å². The lowest BCUT2D eigenvalue weighted by molar-refractivity contribution is 0.283. The highest BCUT2D eigenvalue weighted by Crippen LogP contribution is 2.25. The summed E-state index contributed by atoms with van der Waals surface area (Å²) in [6.45, 7) is -0.0855. The van der Waals surface area contributed by atoms with Gasteiger partial charge in [-0.25, -0.2) is 8.91 Å². The molecule has 2 aromatic carbocycles. The second kappa shape index (κ2) is 7.10. The predicted octanol–water partition coefficient (Wildman–Crippen LogP) is 2.71. The molecule has 0 aliphatic rings. The first-order valence-corrected chi connectivity index (χ1v) is 8.57. The summed E-state index contributed by atoms with van der Waals surface area (Å²) in [5.74, 6) is -0.420. The zero-order chi connectivity index (χ0) is 19.7. The molecule has 6 nitrogen and oxygen atoms in total. The lowest BCUT2D eigenvalue weighted by Crippen LogP contribution is -2.22. The summed E-state index contributed by atoms with van der Waals surface area (Å²) in [6.07, 6.45) is 3.24. The summed E-state index contributed by atoms with van der Waals surface area (Å²) >= 11 is 0. The first-order valence-electron chi connectivity index (χ1n) is 8.57. The first-order chi connectivity index (χ1) is 13.6. The van der Waals surface area contributed by atoms with Gasteiger partial charge in [-0.3, -0.25) is 4.79 Å². The monoisotopic (exact) mass is 374 g/mol. The molecule has 28 heavy (non-hydrogen) atoms. The van der Waals surface area contributed by atoms with Crippen LogP contribution in [-0.4, -0.2) is 19.3 Å². The van der Waals surface area contributed by atoms with Gasteiger partial charge in [-0.15, -0.1) is 0 Å². The minimum Gasteiger partial charge on any atom is -0.392 e. The van der Waals surface area contributed by atoms with Crippen LogP contribution in [0.4, 0.5) is 4.39 Å². The average molecular weight is 374 g/mol. The number of hydrogen-bond donors (Lipinski definition) is 1. The van der Waals surface area contributed by atoms with Crippen molar-refractivity contribution < 1.29 is 9.50 Å². The lowest BCUT2D eigenvalue weighted by Gasteiger charge is -2.07. The number of nitriles is 1. The molecule has 2 aromatic heterocycles. The van der Waals surface area contributed by atoms with Crippen LogP contribution in [0.25, 0.3) is 16.8 Å². The number of nitrogens with zero attached hydrogens (tertiary/aromatic N) is 4. The number of aliphatic hydroxyl groups excluding tert-OH is 1. The Kier molecular flexibility index (Phi) is 4.47. The molecule has 138 valence electrons. The van der Waals surface area contributed by atoms with Gasteiger partial charge in [0, 0.05) is 23.5 Å². The van der Waals surface area contributed by atoms with E-state index in [9.17, 15) is 14.3 Å². The molecular weight excluding hydrogens is 359 g/mol. The van der Waals surface area contributed by atoms with E-state index in [2.05, 4.69) is 11.2 Å². The van der Waals surface area contributed by atoms with Crippen molar-refractivity contribution in [2.75, 3.05) is 0 Å². The molecule has 0 fully saturated rings. The van der Waals surface area contributed by atoms with Crippen LogP contribution in [0.2, 0.25) is 0 Å². The Hall–Kier alpha value is -3.76. The van der Waals surface area contributed by atoms with Gasteiger partial charge in [0.15, 0.2) is 0 Å². The van der Waals surface area contributed by atoms with Gasteiger partial charge in [0.2, 0.25) is 0 Å². The van der Waals surface area contributed by atoms with Crippen molar-refractivity contribution >= 4 is 5.52 Å². The Morgan fingerprint density at radius 2 is 1.93 bits per heavy atom. The molecule has 4 aromatic rings. The molecular formula is C21H15FN4O2. The second-order valence-electron chi connectivity index (χ2n) is 6.33. The molecule has 0 spiro atoms. The topological polar surface area (TPSA) is 83.3 Å². The maximum absolute atomic E-state index is 13.6. The van der Waals surface area contributed by atoms with E-state index in [0.717, 1.165) is 5.56 Å². The Balaban J connectivity index is 1.82. The summed E-state index contributed by atoms with van der Waals surface area (Å²) in [5, 5.41) is 23.1. The highest BCUT2D eigenvalue weighted by Gasteiger charge is 2.18. The predicted molar refractivity (Wildman–Crippen MR) is 101 cm³/mol. The molecule has 0 saturated heterocycles. The quantitative estimate of drug-likeness (QED) is 0.595. The fourth-order valence-corrected chi connectivity index (χ4v) is 3.17. The second-order valence-corrected chi connectivity index (χ2v) is 6.33. The molecule has 1 N–H and O–H groups in total. The number of aromatic nitrogens is 3. The standard InChI is InChI=1S/C21H15FN4O2/c22-17-3-1-2-16(10-17)19-18(13-27)20-21(28)25(8-9-26(20)24-19)12-15-6-4-14(11-23)5-7-15/h1-10,27H,12-13H2. The zero-order valence-corrected chi connectivity index (χ0v) is 14.7. The summed E-state index contributed by atoms with van der Waals surface area (Å²) in [7, 11) is 0. The maximum atomic E-state index is 13.6. The molecule has 0 unspecified atom stereocenters. The van der Waals surface area contributed by atoms with Gasteiger partial charge in [0.25, 0.3) is 5.56 Å². The van der Waals surface area contributed by atoms with E-state index in [4.69, 9.17) is 5.26 Å². The number of halogens is 1. The van der Waals surface area contributed by atoms with Gasteiger partial charge in [0.05, 0.1) is 30.5 Å². The molecule has 0 saturated carbocycles. The third-order valence-electron chi connectivity index (χ3n) is 4.55. The van der Waals surface area contributed by atoms with Gasteiger partial charge in [-0.05, 0) is 29.8 Å². The van der Waals surface area contributed by atoms with E-state index in [0.29, 0.717) is 28.9 Å². The van der Waals surface area contributed by atoms with Crippen LogP contribution in [0.1, 0.15) is 16.7 Å². The van der Waals surface area contributed by atoms with Crippen LogP contribution in [0, 0.1) is 17.1 Å². The van der Waals surface area contributed by atoms with E-state index in [1.165, 1.54) is 21.2 Å². The lowest BCUT2D eigenvalue weighted by atomic mass is 10.1. The fraction of sp³-hybridized carbons (Fsp3) is 0.0952. The molecule has 0 bridgehead atoms. The Bertz CT molecular complexity index is 1270. The average Bonchev–Trinajstić information content (AvgIpc) is 3.10. The number of fused-ring (bicyclic) bond motifs is 1. The van der Waals surface area contributed by atoms with Crippen molar-refractivity contribution in [1.29, 1.82) is 5.26 Å². The molecule has 0 aliphatic heterocycles. The SMILES string of the molecule is N#Cc1ccc(Cn2ccn3nc(-c4cccc(F)c4)c(CO)c3c2=O)cc1.